The number of esters is 1. The van der Waals surface area contributed by atoms with E-state index in [4.69, 9.17) is 9.47 Å². The lowest BCUT2D eigenvalue weighted by molar-refractivity contribution is -0.160. The summed E-state index contributed by atoms with van der Waals surface area (Å²) < 4.78 is 11.7. The number of rotatable bonds is 7. The normalized spacial score (nSPS) is 28.1. The van der Waals surface area contributed by atoms with E-state index >= 15 is 0 Å². The molecule has 156 valence electrons. The molecule has 3 nitrogen and oxygen atoms in total. The number of methoxy groups -OCH3 is 1. The molecule has 1 aromatic carbocycles. The van der Waals surface area contributed by atoms with Crippen molar-refractivity contribution in [2.75, 3.05) is 7.11 Å². The van der Waals surface area contributed by atoms with Crippen LogP contribution in [0.3, 0.4) is 0 Å². The zero-order valence-corrected chi connectivity index (χ0v) is 18.3. The number of benzene rings is 1. The molecule has 0 N–H and O–H groups in total. The standard InChI is InChI=1S/C25H38O3/c1-5-7-18-9-11-19(12-10-18)23-16-15-22(25(26)28-23)21-14-13-20(8-6-2)24(27-4)17(21)3/h13-14,18-19,22-23H,5-12,15-16H2,1-4H3. The first kappa shape index (κ1) is 21.2. The summed E-state index contributed by atoms with van der Waals surface area (Å²) in [4.78, 5) is 12.9. The van der Waals surface area contributed by atoms with Crippen molar-refractivity contribution in [1.29, 1.82) is 0 Å². The van der Waals surface area contributed by atoms with Crippen molar-refractivity contribution in [2.45, 2.75) is 97.0 Å². The quantitative estimate of drug-likeness (QED) is 0.512. The topological polar surface area (TPSA) is 35.5 Å². The SMILES string of the molecule is CCCc1ccc(C2CCC(C3CCC(CCC)CC3)OC2=O)c(C)c1OC. The maximum absolute atomic E-state index is 12.9. The summed E-state index contributed by atoms with van der Waals surface area (Å²) in [5, 5.41) is 0. The van der Waals surface area contributed by atoms with Crippen LogP contribution in [0.5, 0.6) is 5.75 Å². The molecule has 28 heavy (non-hydrogen) atoms. The van der Waals surface area contributed by atoms with E-state index in [9.17, 15) is 4.79 Å². The fourth-order valence-corrected chi connectivity index (χ4v) is 5.50. The summed E-state index contributed by atoms with van der Waals surface area (Å²) >= 11 is 0. The van der Waals surface area contributed by atoms with E-state index in [1.54, 1.807) is 7.11 Å². The van der Waals surface area contributed by atoms with Crippen molar-refractivity contribution in [3.8, 4) is 5.75 Å². The minimum Gasteiger partial charge on any atom is -0.496 e. The molecule has 2 unspecified atom stereocenters. The first-order chi connectivity index (χ1) is 13.6. The first-order valence-electron chi connectivity index (χ1n) is 11.5. The molecule has 3 heteroatoms. The Labute approximate surface area is 171 Å². The van der Waals surface area contributed by atoms with Gasteiger partial charge in [0.15, 0.2) is 0 Å². The van der Waals surface area contributed by atoms with E-state index in [1.807, 2.05) is 0 Å². The van der Waals surface area contributed by atoms with Crippen molar-refractivity contribution >= 4 is 5.97 Å². The summed E-state index contributed by atoms with van der Waals surface area (Å²) in [6.07, 6.45) is 11.8. The minimum absolute atomic E-state index is 0.0275. The molecule has 1 saturated carbocycles. The molecule has 1 aliphatic carbocycles. The Hall–Kier alpha value is -1.51. The van der Waals surface area contributed by atoms with Gasteiger partial charge in [-0.2, -0.15) is 0 Å². The van der Waals surface area contributed by atoms with Gasteiger partial charge in [0.25, 0.3) is 0 Å². The number of carbonyl (C=O) groups excluding carboxylic acids is 1. The molecular formula is C25H38O3. The van der Waals surface area contributed by atoms with Gasteiger partial charge in [0, 0.05) is 0 Å². The van der Waals surface area contributed by atoms with Crippen LogP contribution in [0, 0.1) is 18.8 Å². The fraction of sp³-hybridized carbons (Fsp3) is 0.720. The predicted octanol–water partition coefficient (Wildman–Crippen LogP) is 6.35. The van der Waals surface area contributed by atoms with Crippen LogP contribution in [0.2, 0.25) is 0 Å². The Morgan fingerprint density at radius 3 is 2.39 bits per heavy atom. The second kappa shape index (κ2) is 9.80. The van der Waals surface area contributed by atoms with E-state index < -0.39 is 0 Å². The summed E-state index contributed by atoms with van der Waals surface area (Å²) in [5.41, 5.74) is 3.43. The third-order valence-electron chi connectivity index (χ3n) is 7.03. The van der Waals surface area contributed by atoms with Crippen molar-refractivity contribution in [3.05, 3.63) is 28.8 Å². The van der Waals surface area contributed by atoms with Crippen LogP contribution >= 0.6 is 0 Å². The van der Waals surface area contributed by atoms with Crippen LogP contribution in [-0.2, 0) is 16.0 Å². The Morgan fingerprint density at radius 1 is 1.04 bits per heavy atom. The highest BCUT2D eigenvalue weighted by molar-refractivity contribution is 5.80. The van der Waals surface area contributed by atoms with Gasteiger partial charge >= 0.3 is 5.97 Å². The molecule has 0 radical (unpaired) electrons. The second-order valence-corrected chi connectivity index (χ2v) is 8.90. The lowest BCUT2D eigenvalue weighted by Gasteiger charge is -2.37. The zero-order chi connectivity index (χ0) is 20.1. The van der Waals surface area contributed by atoms with Crippen LogP contribution in [0.25, 0.3) is 0 Å². The maximum atomic E-state index is 12.9. The van der Waals surface area contributed by atoms with Crippen molar-refractivity contribution in [1.82, 2.24) is 0 Å². The highest BCUT2D eigenvalue weighted by atomic mass is 16.5. The highest BCUT2D eigenvalue weighted by Gasteiger charge is 2.37. The van der Waals surface area contributed by atoms with Crippen LogP contribution in [0.4, 0.5) is 0 Å². The third-order valence-corrected chi connectivity index (χ3v) is 7.03. The molecule has 0 amide bonds. The Kier molecular flexibility index (Phi) is 7.42. The van der Waals surface area contributed by atoms with Gasteiger partial charge < -0.3 is 9.47 Å². The zero-order valence-electron chi connectivity index (χ0n) is 18.3. The summed E-state index contributed by atoms with van der Waals surface area (Å²) in [7, 11) is 1.73. The van der Waals surface area contributed by atoms with E-state index in [1.165, 1.54) is 44.1 Å². The molecule has 1 heterocycles. The van der Waals surface area contributed by atoms with Gasteiger partial charge in [-0.3, -0.25) is 4.79 Å². The van der Waals surface area contributed by atoms with Gasteiger partial charge in [0.2, 0.25) is 0 Å². The molecule has 0 aromatic heterocycles. The fourth-order valence-electron chi connectivity index (χ4n) is 5.50. The molecule has 2 atom stereocenters. The van der Waals surface area contributed by atoms with Crippen LogP contribution in [-0.4, -0.2) is 19.2 Å². The van der Waals surface area contributed by atoms with Crippen LogP contribution in [0.1, 0.15) is 94.2 Å². The molecule has 1 saturated heterocycles. The van der Waals surface area contributed by atoms with Gasteiger partial charge in [-0.25, -0.2) is 0 Å². The summed E-state index contributed by atoms with van der Waals surface area (Å²) in [5.74, 6) is 2.24. The Morgan fingerprint density at radius 2 is 1.79 bits per heavy atom. The Balaban J connectivity index is 1.65. The van der Waals surface area contributed by atoms with Gasteiger partial charge in [0.1, 0.15) is 11.9 Å². The monoisotopic (exact) mass is 386 g/mol. The molecule has 2 aliphatic rings. The second-order valence-electron chi connectivity index (χ2n) is 8.90. The van der Waals surface area contributed by atoms with Gasteiger partial charge in [0.05, 0.1) is 13.0 Å². The molecule has 0 bridgehead atoms. The van der Waals surface area contributed by atoms with E-state index in [2.05, 4.69) is 32.9 Å². The minimum atomic E-state index is -0.141. The van der Waals surface area contributed by atoms with Gasteiger partial charge in [-0.15, -0.1) is 0 Å². The van der Waals surface area contributed by atoms with Crippen molar-refractivity contribution in [3.63, 3.8) is 0 Å². The Bertz CT molecular complexity index is 658. The van der Waals surface area contributed by atoms with E-state index in [0.29, 0.717) is 5.92 Å². The third kappa shape index (κ3) is 4.55. The number of carbonyl (C=O) groups is 1. The number of hydrogen-bond acceptors (Lipinski definition) is 3. The van der Waals surface area contributed by atoms with Crippen LogP contribution < -0.4 is 4.74 Å². The highest BCUT2D eigenvalue weighted by Crippen LogP contribution is 2.41. The molecule has 1 aromatic rings. The number of ether oxygens (including phenoxy) is 2. The molecule has 0 spiro atoms. The van der Waals surface area contributed by atoms with Crippen molar-refractivity contribution in [2.24, 2.45) is 11.8 Å². The first-order valence-corrected chi connectivity index (χ1v) is 11.5. The number of cyclic esters (lactones) is 1. The average Bonchev–Trinajstić information content (AvgIpc) is 2.70. The van der Waals surface area contributed by atoms with E-state index in [-0.39, 0.29) is 18.0 Å². The predicted molar refractivity (Wildman–Crippen MR) is 114 cm³/mol. The summed E-state index contributed by atoms with van der Waals surface area (Å²) in [6, 6.07) is 4.27. The van der Waals surface area contributed by atoms with Gasteiger partial charge in [-0.05, 0) is 67.6 Å². The maximum Gasteiger partial charge on any atom is 0.313 e. The van der Waals surface area contributed by atoms with E-state index in [0.717, 1.165) is 48.5 Å². The van der Waals surface area contributed by atoms with Crippen molar-refractivity contribution < 1.29 is 14.3 Å². The molecular weight excluding hydrogens is 348 g/mol. The molecule has 1 aliphatic heterocycles. The number of hydrogen-bond donors (Lipinski definition) is 0. The lowest BCUT2D eigenvalue weighted by atomic mass is 9.75. The number of aryl methyl sites for hydroxylation is 1. The molecule has 3 rings (SSSR count). The lowest BCUT2D eigenvalue weighted by Crippen LogP contribution is -2.36. The van der Waals surface area contributed by atoms with Crippen LogP contribution in [0.15, 0.2) is 12.1 Å². The molecule has 2 fully saturated rings. The van der Waals surface area contributed by atoms with Gasteiger partial charge in [-0.1, -0.05) is 58.1 Å². The smallest absolute Gasteiger partial charge is 0.313 e. The average molecular weight is 387 g/mol. The largest absolute Gasteiger partial charge is 0.496 e. The summed E-state index contributed by atoms with van der Waals surface area (Å²) in [6.45, 7) is 6.54.